The first-order valence-corrected chi connectivity index (χ1v) is 9.45. The molecular weight excluding hydrogens is 383 g/mol. The second-order valence-corrected chi connectivity index (χ2v) is 7.11. The van der Waals surface area contributed by atoms with E-state index in [9.17, 15) is 9.18 Å². The lowest BCUT2D eigenvalue weighted by Crippen LogP contribution is -2.33. The van der Waals surface area contributed by atoms with Gasteiger partial charge in [0.2, 0.25) is 17.6 Å². The fourth-order valence-corrected chi connectivity index (χ4v) is 3.22. The summed E-state index contributed by atoms with van der Waals surface area (Å²) < 4.78 is 19.4. The summed E-state index contributed by atoms with van der Waals surface area (Å²) in [5.74, 6) is 0.372. The maximum Gasteiger partial charge on any atom is 0.227 e. The normalized spacial score (nSPS) is 13.5. The van der Waals surface area contributed by atoms with Crippen molar-refractivity contribution in [1.82, 2.24) is 20.0 Å². The third-order valence-corrected chi connectivity index (χ3v) is 5.01. The Labute approximate surface area is 166 Å². The highest BCUT2D eigenvalue weighted by Crippen LogP contribution is 2.31. The Balaban J connectivity index is 1.41. The molecule has 0 spiro atoms. The number of pyridine rings is 1. The highest BCUT2D eigenvalue weighted by molar-refractivity contribution is 6.31. The molecule has 0 atom stereocenters. The number of hydrogen-bond acceptors (Lipinski definition) is 5. The number of aromatic nitrogens is 3. The Bertz CT molecular complexity index is 955. The molecule has 1 aliphatic rings. The number of rotatable bonds is 7. The van der Waals surface area contributed by atoms with Crippen LogP contribution in [0.15, 0.2) is 47.2 Å². The molecule has 0 aliphatic heterocycles. The van der Waals surface area contributed by atoms with E-state index in [2.05, 4.69) is 15.1 Å². The van der Waals surface area contributed by atoms with Crippen molar-refractivity contribution in [3.05, 3.63) is 65.0 Å². The predicted molar refractivity (Wildman–Crippen MR) is 101 cm³/mol. The molecule has 6 nitrogen and oxygen atoms in total. The van der Waals surface area contributed by atoms with Gasteiger partial charge in [-0.1, -0.05) is 22.8 Å². The summed E-state index contributed by atoms with van der Waals surface area (Å²) in [6.07, 6.45) is 5.67. The van der Waals surface area contributed by atoms with Crippen LogP contribution < -0.4 is 0 Å². The van der Waals surface area contributed by atoms with E-state index < -0.39 is 5.82 Å². The zero-order valence-corrected chi connectivity index (χ0v) is 15.8. The fourth-order valence-electron chi connectivity index (χ4n) is 2.99. The number of aryl methyl sites for hydroxylation is 1. The molecule has 1 saturated carbocycles. The number of carbonyl (C=O) groups excluding carboxylic acids is 1. The van der Waals surface area contributed by atoms with Crippen molar-refractivity contribution in [3.63, 3.8) is 0 Å². The summed E-state index contributed by atoms with van der Waals surface area (Å²) in [5.41, 5.74) is 1.15. The van der Waals surface area contributed by atoms with Crippen molar-refractivity contribution in [2.75, 3.05) is 0 Å². The van der Waals surface area contributed by atoms with Gasteiger partial charge in [0.25, 0.3) is 0 Å². The van der Waals surface area contributed by atoms with Crippen molar-refractivity contribution in [3.8, 4) is 11.4 Å². The van der Waals surface area contributed by atoms with Gasteiger partial charge in [-0.05, 0) is 37.1 Å². The van der Waals surface area contributed by atoms with Crippen LogP contribution in [0.25, 0.3) is 11.4 Å². The maximum atomic E-state index is 14.1. The molecule has 1 amide bonds. The zero-order chi connectivity index (χ0) is 19.5. The second-order valence-electron chi connectivity index (χ2n) is 6.70. The first-order chi connectivity index (χ1) is 13.6. The van der Waals surface area contributed by atoms with E-state index in [1.54, 1.807) is 41.6 Å². The van der Waals surface area contributed by atoms with E-state index in [-0.39, 0.29) is 24.9 Å². The summed E-state index contributed by atoms with van der Waals surface area (Å²) in [7, 11) is 0. The highest BCUT2D eigenvalue weighted by Gasteiger charge is 2.33. The van der Waals surface area contributed by atoms with E-state index >= 15 is 0 Å². The number of benzene rings is 1. The Morgan fingerprint density at radius 2 is 2.04 bits per heavy atom. The third-order valence-electron chi connectivity index (χ3n) is 4.66. The van der Waals surface area contributed by atoms with Gasteiger partial charge in [-0.15, -0.1) is 0 Å². The third kappa shape index (κ3) is 4.20. The summed E-state index contributed by atoms with van der Waals surface area (Å²) in [4.78, 5) is 22.7. The molecule has 8 heteroatoms. The summed E-state index contributed by atoms with van der Waals surface area (Å²) in [6, 6.07) is 8.25. The van der Waals surface area contributed by atoms with Gasteiger partial charge < -0.3 is 9.42 Å². The van der Waals surface area contributed by atoms with Crippen molar-refractivity contribution in [1.29, 1.82) is 0 Å². The molecule has 1 aliphatic carbocycles. The number of halogens is 2. The Morgan fingerprint density at radius 3 is 2.75 bits per heavy atom. The molecule has 1 fully saturated rings. The largest absolute Gasteiger partial charge is 0.339 e. The maximum absolute atomic E-state index is 14.1. The van der Waals surface area contributed by atoms with Gasteiger partial charge >= 0.3 is 0 Å². The minimum absolute atomic E-state index is 0.0783. The first-order valence-electron chi connectivity index (χ1n) is 9.07. The van der Waals surface area contributed by atoms with Crippen LogP contribution in [-0.4, -0.2) is 32.0 Å². The van der Waals surface area contributed by atoms with Gasteiger partial charge in [-0.3, -0.25) is 9.78 Å². The van der Waals surface area contributed by atoms with Crippen LogP contribution in [0.3, 0.4) is 0 Å². The lowest BCUT2D eigenvalue weighted by Gasteiger charge is -2.23. The average Bonchev–Trinajstić information content (AvgIpc) is 3.43. The fraction of sp³-hybridized carbons (Fsp3) is 0.300. The van der Waals surface area contributed by atoms with Crippen LogP contribution in [0, 0.1) is 5.82 Å². The molecular formula is C20H18ClFN4O2. The molecule has 1 aromatic carbocycles. The average molecular weight is 401 g/mol. The van der Waals surface area contributed by atoms with Gasteiger partial charge in [0.1, 0.15) is 5.82 Å². The van der Waals surface area contributed by atoms with Gasteiger partial charge in [0.15, 0.2) is 0 Å². The minimum Gasteiger partial charge on any atom is -0.339 e. The highest BCUT2D eigenvalue weighted by atomic mass is 35.5. The molecule has 0 bridgehead atoms. The SMILES string of the molecule is O=C(CCc1nc(-c2ccncc2)no1)N(Cc1c(F)cccc1Cl)C1CC1. The smallest absolute Gasteiger partial charge is 0.227 e. The van der Waals surface area contributed by atoms with Gasteiger partial charge in [-0.2, -0.15) is 4.98 Å². The van der Waals surface area contributed by atoms with Crippen LogP contribution in [0.5, 0.6) is 0 Å². The zero-order valence-electron chi connectivity index (χ0n) is 15.0. The summed E-state index contributed by atoms with van der Waals surface area (Å²) in [6.45, 7) is 0.168. The van der Waals surface area contributed by atoms with Crippen molar-refractivity contribution in [2.24, 2.45) is 0 Å². The monoisotopic (exact) mass is 400 g/mol. The summed E-state index contributed by atoms with van der Waals surface area (Å²) >= 11 is 6.12. The quantitative estimate of drug-likeness (QED) is 0.598. The second kappa shape index (κ2) is 8.06. The number of nitrogens with zero attached hydrogens (tertiary/aromatic N) is 4. The lowest BCUT2D eigenvalue weighted by molar-refractivity contribution is -0.132. The van der Waals surface area contributed by atoms with E-state index in [0.717, 1.165) is 18.4 Å². The number of hydrogen-bond donors (Lipinski definition) is 0. The number of carbonyl (C=O) groups is 1. The molecule has 4 rings (SSSR count). The molecule has 0 radical (unpaired) electrons. The Kier molecular flexibility index (Phi) is 5.34. The van der Waals surface area contributed by atoms with E-state index in [1.165, 1.54) is 6.07 Å². The van der Waals surface area contributed by atoms with Crippen molar-refractivity contribution >= 4 is 17.5 Å². The molecule has 28 heavy (non-hydrogen) atoms. The van der Waals surface area contributed by atoms with Crippen LogP contribution in [0.1, 0.15) is 30.7 Å². The molecule has 2 heterocycles. The van der Waals surface area contributed by atoms with E-state index in [0.29, 0.717) is 28.7 Å². The van der Waals surface area contributed by atoms with Crippen molar-refractivity contribution in [2.45, 2.75) is 38.3 Å². The minimum atomic E-state index is -0.398. The topological polar surface area (TPSA) is 72.1 Å². The first kappa shape index (κ1) is 18.6. The molecule has 0 unspecified atom stereocenters. The molecule has 3 aromatic rings. The Hall–Kier alpha value is -2.80. The van der Waals surface area contributed by atoms with Crippen molar-refractivity contribution < 1.29 is 13.7 Å². The molecule has 2 aromatic heterocycles. The molecule has 144 valence electrons. The van der Waals surface area contributed by atoms with Crippen LogP contribution in [0.4, 0.5) is 4.39 Å². The van der Waals surface area contributed by atoms with Gasteiger partial charge in [0, 0.05) is 47.4 Å². The van der Waals surface area contributed by atoms with Gasteiger partial charge in [-0.25, -0.2) is 4.39 Å². The predicted octanol–water partition coefficient (Wildman–Crippen LogP) is 4.05. The molecule has 0 N–H and O–H groups in total. The Morgan fingerprint density at radius 1 is 1.25 bits per heavy atom. The van der Waals surface area contributed by atoms with E-state index in [1.807, 2.05) is 0 Å². The molecule has 0 saturated heterocycles. The van der Waals surface area contributed by atoms with E-state index in [4.69, 9.17) is 16.1 Å². The van der Waals surface area contributed by atoms with Crippen LogP contribution in [-0.2, 0) is 17.8 Å². The lowest BCUT2D eigenvalue weighted by atomic mass is 10.1. The summed E-state index contributed by atoms with van der Waals surface area (Å²) in [5, 5.41) is 4.27. The standard InChI is InChI=1S/C20H18ClFN4O2/c21-16-2-1-3-17(22)15(16)12-26(14-4-5-14)19(27)7-6-18-24-20(25-28-18)13-8-10-23-11-9-13/h1-3,8-11,14H,4-7,12H2. The number of amides is 1. The van der Waals surface area contributed by atoms with Crippen LogP contribution in [0.2, 0.25) is 5.02 Å². The van der Waals surface area contributed by atoms with Crippen LogP contribution >= 0.6 is 11.6 Å². The van der Waals surface area contributed by atoms with Gasteiger partial charge in [0.05, 0.1) is 6.54 Å².